The van der Waals surface area contributed by atoms with E-state index in [0.29, 0.717) is 0 Å². The highest BCUT2D eigenvalue weighted by atomic mass is 19.3. The van der Waals surface area contributed by atoms with Crippen molar-refractivity contribution in [3.05, 3.63) is 35.8 Å². The first-order chi connectivity index (χ1) is 9.38. The summed E-state index contributed by atoms with van der Waals surface area (Å²) in [7, 11) is 0. The van der Waals surface area contributed by atoms with Gasteiger partial charge in [-0.15, -0.1) is 6.42 Å². The highest BCUT2D eigenvalue weighted by Crippen LogP contribution is 2.46. The number of hydrogen-bond donors (Lipinski definition) is 0. The van der Waals surface area contributed by atoms with Crippen molar-refractivity contribution in [2.24, 2.45) is 4.99 Å². The number of terminal acetylenes is 1. The number of aliphatic imine (C=N–C) groups is 1. The molecule has 1 heterocycles. The lowest BCUT2D eigenvalue weighted by molar-refractivity contribution is -0.156. The molecule has 20 heavy (non-hydrogen) atoms. The third kappa shape index (κ3) is 2.41. The van der Waals surface area contributed by atoms with E-state index in [2.05, 4.69) is 10.9 Å². The number of halogens is 4. The number of rotatable bonds is 2. The van der Waals surface area contributed by atoms with E-state index in [-0.39, 0.29) is 25.1 Å². The van der Waals surface area contributed by atoms with Gasteiger partial charge in [0.1, 0.15) is 12.8 Å². The predicted molar refractivity (Wildman–Crippen MR) is 63.4 cm³/mol. The van der Waals surface area contributed by atoms with Gasteiger partial charge in [0.2, 0.25) is 5.90 Å². The molecule has 0 aromatic heterocycles. The fourth-order valence-corrected chi connectivity index (χ4v) is 1.59. The van der Waals surface area contributed by atoms with Crippen molar-refractivity contribution in [3.8, 4) is 12.3 Å². The Kier molecular flexibility index (Phi) is 3.57. The molecule has 0 unspecified atom stereocenters. The van der Waals surface area contributed by atoms with E-state index in [1.807, 2.05) is 0 Å². The molecule has 0 N–H and O–H groups in total. The molecule has 0 radical (unpaired) electrons. The van der Waals surface area contributed by atoms with E-state index >= 15 is 0 Å². The summed E-state index contributed by atoms with van der Waals surface area (Å²) in [6.45, 7) is -0.131. The average Bonchev–Trinajstić information content (AvgIpc) is 2.40. The third-order valence-corrected chi connectivity index (χ3v) is 2.56. The van der Waals surface area contributed by atoms with Crippen molar-refractivity contribution in [3.63, 3.8) is 0 Å². The van der Waals surface area contributed by atoms with Crippen LogP contribution in [0.25, 0.3) is 0 Å². The van der Waals surface area contributed by atoms with Crippen LogP contribution in [0.3, 0.4) is 0 Å². The smallest absolute Gasteiger partial charge is 0.342 e. The zero-order chi connectivity index (χ0) is 14.8. The molecule has 106 valence electrons. The van der Waals surface area contributed by atoms with Gasteiger partial charge in [0.05, 0.1) is 5.57 Å². The minimum Gasteiger partial charge on any atom is -0.488 e. The summed E-state index contributed by atoms with van der Waals surface area (Å²) in [5, 5.41) is 0. The van der Waals surface area contributed by atoms with Crippen molar-refractivity contribution in [2.75, 3.05) is 13.2 Å². The molecule has 0 fully saturated rings. The van der Waals surface area contributed by atoms with Crippen LogP contribution in [0.4, 0.5) is 17.6 Å². The molecule has 3 nitrogen and oxygen atoms in total. The van der Waals surface area contributed by atoms with E-state index in [1.165, 1.54) is 0 Å². The lowest BCUT2D eigenvalue weighted by Gasteiger charge is -2.30. The van der Waals surface area contributed by atoms with Crippen LogP contribution in [0.2, 0.25) is 0 Å². The molecule has 0 amide bonds. The molecule has 0 bridgehead atoms. The zero-order valence-corrected chi connectivity index (χ0v) is 10.1. The summed E-state index contributed by atoms with van der Waals surface area (Å²) in [6, 6.07) is 0. The van der Waals surface area contributed by atoms with Crippen LogP contribution in [-0.4, -0.2) is 30.9 Å². The Labute approximate surface area is 112 Å². The van der Waals surface area contributed by atoms with Gasteiger partial charge in [0.15, 0.2) is 12.4 Å². The Balaban J connectivity index is 2.28. The van der Waals surface area contributed by atoms with Crippen LogP contribution in [0.5, 0.6) is 0 Å². The summed E-state index contributed by atoms with van der Waals surface area (Å²) in [4.78, 5) is 3.75. The lowest BCUT2D eigenvalue weighted by Crippen LogP contribution is -2.43. The Morgan fingerprint density at radius 3 is 2.80 bits per heavy atom. The third-order valence-electron chi connectivity index (χ3n) is 2.56. The molecule has 0 saturated carbocycles. The highest BCUT2D eigenvalue weighted by molar-refractivity contribution is 5.80. The van der Waals surface area contributed by atoms with E-state index in [4.69, 9.17) is 15.9 Å². The maximum absolute atomic E-state index is 13.7. The van der Waals surface area contributed by atoms with Gasteiger partial charge in [-0.3, -0.25) is 0 Å². The van der Waals surface area contributed by atoms with Crippen molar-refractivity contribution < 1.29 is 27.0 Å². The maximum atomic E-state index is 13.7. The first-order valence-electron chi connectivity index (χ1n) is 5.51. The van der Waals surface area contributed by atoms with Gasteiger partial charge in [0, 0.05) is 0 Å². The fourth-order valence-electron chi connectivity index (χ4n) is 1.59. The molecule has 2 aliphatic rings. The lowest BCUT2D eigenvalue weighted by atomic mass is 9.95. The van der Waals surface area contributed by atoms with Crippen molar-refractivity contribution >= 4 is 5.90 Å². The molecule has 0 atom stereocenters. The van der Waals surface area contributed by atoms with E-state index in [1.54, 1.807) is 0 Å². The second-order valence-electron chi connectivity index (χ2n) is 3.95. The monoisotopic (exact) mass is 287 g/mol. The highest BCUT2D eigenvalue weighted by Gasteiger charge is 2.59. The summed E-state index contributed by atoms with van der Waals surface area (Å²) in [5.41, 5.74) is -0.974. The largest absolute Gasteiger partial charge is 0.488 e. The van der Waals surface area contributed by atoms with Crippen molar-refractivity contribution in [2.45, 2.75) is 11.8 Å². The van der Waals surface area contributed by atoms with Gasteiger partial charge in [-0.1, -0.05) is 12.0 Å². The van der Waals surface area contributed by atoms with E-state index < -0.39 is 23.2 Å². The van der Waals surface area contributed by atoms with Gasteiger partial charge >= 0.3 is 11.8 Å². The van der Waals surface area contributed by atoms with Gasteiger partial charge in [0.25, 0.3) is 0 Å². The normalized spacial score (nSPS) is 25.1. The van der Waals surface area contributed by atoms with Crippen LogP contribution in [-0.2, 0) is 9.47 Å². The Hall–Kier alpha value is -2.23. The van der Waals surface area contributed by atoms with Crippen LogP contribution < -0.4 is 0 Å². The molecule has 2 rings (SSSR count). The molecule has 0 spiro atoms. The second kappa shape index (κ2) is 5.04. The Morgan fingerprint density at radius 2 is 2.10 bits per heavy atom. The molecule has 0 aromatic carbocycles. The first-order valence-corrected chi connectivity index (χ1v) is 5.51. The molecule has 7 heteroatoms. The van der Waals surface area contributed by atoms with E-state index in [9.17, 15) is 17.6 Å². The van der Waals surface area contributed by atoms with E-state index in [0.717, 1.165) is 18.4 Å². The zero-order valence-electron chi connectivity index (χ0n) is 10.1. The predicted octanol–water partition coefficient (Wildman–Crippen LogP) is 2.67. The number of allylic oxidation sites excluding steroid dienone is 4. The maximum Gasteiger partial charge on any atom is 0.342 e. The minimum absolute atomic E-state index is 0.0303. The molecular formula is C13H9F4NO2. The number of ether oxygens (including phenoxy) is 2. The van der Waals surface area contributed by atoms with Gasteiger partial charge < -0.3 is 9.47 Å². The Morgan fingerprint density at radius 1 is 1.35 bits per heavy atom. The van der Waals surface area contributed by atoms with Gasteiger partial charge in [-0.2, -0.15) is 17.6 Å². The number of hydrogen-bond acceptors (Lipinski definition) is 3. The minimum atomic E-state index is -4.40. The molecular weight excluding hydrogens is 278 g/mol. The average molecular weight is 287 g/mol. The van der Waals surface area contributed by atoms with Crippen molar-refractivity contribution in [1.82, 2.24) is 0 Å². The fraction of sp³-hybridized carbons (Fsp3) is 0.308. The molecule has 0 saturated heterocycles. The number of nitrogens with zero attached hydrogens (tertiary/aromatic N) is 1. The Bertz CT molecular complexity index is 567. The first kappa shape index (κ1) is 14.2. The van der Waals surface area contributed by atoms with Crippen LogP contribution in [0, 0.1) is 12.3 Å². The van der Waals surface area contributed by atoms with Crippen LogP contribution >= 0.6 is 0 Å². The summed E-state index contributed by atoms with van der Waals surface area (Å²) in [5.74, 6) is -7.05. The quantitative estimate of drug-likeness (QED) is 0.577. The molecule has 1 aliphatic heterocycles. The van der Waals surface area contributed by atoms with Gasteiger partial charge in [-0.25, -0.2) is 4.99 Å². The van der Waals surface area contributed by atoms with Gasteiger partial charge in [-0.05, 0) is 12.2 Å². The van der Waals surface area contributed by atoms with Crippen LogP contribution in [0.15, 0.2) is 40.8 Å². The second-order valence-corrected chi connectivity index (χ2v) is 3.95. The standard InChI is InChI=1S/C13H9F4NO2/c1-2-6-18-11-8-19-7-10(20-11)9-4-3-5-12(14,15)13(9,16)17/h1,3-5,7H,6,8H2. The SMILES string of the molecule is C#CCN=C1COC=C(C2=CC=CC(F)(F)C2(F)F)O1. The van der Waals surface area contributed by atoms with Crippen molar-refractivity contribution in [1.29, 1.82) is 0 Å². The molecule has 0 aromatic rings. The molecule has 1 aliphatic carbocycles. The summed E-state index contributed by atoms with van der Waals surface area (Å²) in [6.07, 6.45) is 7.66. The topological polar surface area (TPSA) is 30.8 Å². The summed E-state index contributed by atoms with van der Waals surface area (Å²) >= 11 is 0. The van der Waals surface area contributed by atoms with Crippen LogP contribution in [0.1, 0.15) is 0 Å². The number of alkyl halides is 4. The summed E-state index contributed by atoms with van der Waals surface area (Å²) < 4.78 is 63.8.